The van der Waals surface area contributed by atoms with Gasteiger partial charge in [0, 0.05) is 34.8 Å². The average molecular weight is 550 g/mol. The largest absolute Gasteiger partial charge is 0.372 e. The summed E-state index contributed by atoms with van der Waals surface area (Å²) in [6.45, 7) is 6.14. The summed E-state index contributed by atoms with van der Waals surface area (Å²) in [6.07, 6.45) is 0.847. The van der Waals surface area contributed by atoms with E-state index in [9.17, 15) is 18.8 Å². The third kappa shape index (κ3) is 3.33. The van der Waals surface area contributed by atoms with E-state index in [0.29, 0.717) is 5.69 Å². The van der Waals surface area contributed by atoms with E-state index in [1.54, 1.807) is 11.8 Å². The van der Waals surface area contributed by atoms with E-state index < -0.39 is 5.82 Å². The monoisotopic (exact) mass is 549 g/mol. The van der Waals surface area contributed by atoms with Crippen LogP contribution in [-0.4, -0.2) is 35.1 Å². The molecule has 0 spiro atoms. The highest BCUT2D eigenvalue weighted by Gasteiger charge is 2.69. The van der Waals surface area contributed by atoms with Crippen LogP contribution < -0.4 is 14.7 Å². The van der Waals surface area contributed by atoms with E-state index in [0.717, 1.165) is 35.0 Å². The maximum atomic E-state index is 13.8. The Kier molecular flexibility index (Phi) is 5.60. The fraction of sp³-hybridized carbons (Fsp3) is 0.414. The van der Waals surface area contributed by atoms with Crippen molar-refractivity contribution < 1.29 is 14.0 Å². The number of halogens is 1. The number of hydrogen-bond donors (Lipinski definition) is 1. The van der Waals surface area contributed by atoms with Crippen LogP contribution in [0.2, 0.25) is 0 Å². The Morgan fingerprint density at radius 1 is 0.947 bits per heavy atom. The zero-order valence-corrected chi connectivity index (χ0v) is 22.7. The molecule has 6 nitrogen and oxygen atoms in total. The van der Waals surface area contributed by atoms with Crippen LogP contribution in [0.3, 0.4) is 0 Å². The van der Waals surface area contributed by atoms with Crippen LogP contribution in [-0.2, 0) is 9.59 Å². The van der Waals surface area contributed by atoms with Crippen LogP contribution in [0.15, 0.2) is 58.4 Å². The Morgan fingerprint density at radius 2 is 1.61 bits per heavy atom. The van der Waals surface area contributed by atoms with Crippen LogP contribution in [0.1, 0.15) is 36.6 Å². The summed E-state index contributed by atoms with van der Waals surface area (Å²) in [4.78, 5) is 47.5. The van der Waals surface area contributed by atoms with Gasteiger partial charge in [-0.1, -0.05) is 23.5 Å². The number of aromatic nitrogens is 1. The minimum absolute atomic E-state index is 0.00433. The lowest BCUT2D eigenvalue weighted by atomic mass is 9.68. The molecule has 3 aromatic rings. The molecule has 2 bridgehead atoms. The minimum Gasteiger partial charge on any atom is -0.372 e. The topological polar surface area (TPSA) is 73.5 Å². The zero-order chi connectivity index (χ0) is 26.3. The lowest BCUT2D eigenvalue weighted by molar-refractivity contribution is -0.123. The lowest BCUT2D eigenvalue weighted by Gasteiger charge is -2.43. The van der Waals surface area contributed by atoms with Gasteiger partial charge in [0.25, 0.3) is 0 Å². The van der Waals surface area contributed by atoms with E-state index in [1.807, 2.05) is 0 Å². The SMILES string of the molecule is CCN(CC)c1ccc(C2c3sc(=O)[nH]c3SC3C4CC(C5C(=O)N(c6ccc(F)cc6)C(=O)C45)C23)cc1. The average Bonchev–Trinajstić information content (AvgIpc) is 3.65. The second kappa shape index (κ2) is 8.81. The maximum absolute atomic E-state index is 13.8. The smallest absolute Gasteiger partial charge is 0.305 e. The van der Waals surface area contributed by atoms with E-state index in [-0.39, 0.29) is 57.4 Å². The number of benzene rings is 2. The van der Waals surface area contributed by atoms with Gasteiger partial charge in [0.05, 0.1) is 22.5 Å². The molecule has 38 heavy (non-hydrogen) atoms. The summed E-state index contributed by atoms with van der Waals surface area (Å²) in [5.74, 6) is -1.16. The molecule has 2 amide bonds. The van der Waals surface area contributed by atoms with Crippen molar-refractivity contribution in [1.29, 1.82) is 0 Å². The molecule has 3 heterocycles. The highest BCUT2D eigenvalue weighted by atomic mass is 32.2. The number of thiazole rings is 1. The highest BCUT2D eigenvalue weighted by molar-refractivity contribution is 8.00. The van der Waals surface area contributed by atoms with Gasteiger partial charge in [0.15, 0.2) is 0 Å². The van der Waals surface area contributed by atoms with Crippen molar-refractivity contribution in [1.82, 2.24) is 4.98 Å². The lowest BCUT2D eigenvalue weighted by Crippen LogP contribution is -2.42. The second-order valence-corrected chi connectivity index (χ2v) is 12.9. The Morgan fingerprint density at radius 3 is 2.26 bits per heavy atom. The molecule has 196 valence electrons. The van der Waals surface area contributed by atoms with Gasteiger partial charge in [0.1, 0.15) is 5.82 Å². The van der Waals surface area contributed by atoms with Crippen molar-refractivity contribution in [3.63, 3.8) is 0 Å². The first-order valence-electron chi connectivity index (χ1n) is 13.3. The van der Waals surface area contributed by atoms with Crippen LogP contribution in [0.25, 0.3) is 0 Å². The number of fused-ring (bicyclic) bond motifs is 9. The zero-order valence-electron chi connectivity index (χ0n) is 21.1. The Bertz CT molecular complexity index is 1480. The summed E-state index contributed by atoms with van der Waals surface area (Å²) >= 11 is 2.97. The van der Waals surface area contributed by atoms with Gasteiger partial charge in [-0.3, -0.25) is 19.3 Å². The number of rotatable bonds is 5. The minimum atomic E-state index is -0.398. The number of carbonyl (C=O) groups excluding carboxylic acids is 2. The summed E-state index contributed by atoms with van der Waals surface area (Å²) in [5, 5.41) is 1.06. The molecule has 1 aromatic heterocycles. The van der Waals surface area contributed by atoms with Gasteiger partial charge < -0.3 is 9.88 Å². The van der Waals surface area contributed by atoms with Crippen molar-refractivity contribution >= 4 is 46.3 Å². The number of aromatic amines is 1. The molecular formula is C29H28FN3O3S2. The molecule has 2 aromatic carbocycles. The number of imide groups is 1. The number of nitrogens with zero attached hydrogens (tertiary/aromatic N) is 2. The third-order valence-electron chi connectivity index (χ3n) is 9.19. The number of H-pyrrole nitrogens is 1. The van der Waals surface area contributed by atoms with E-state index >= 15 is 0 Å². The van der Waals surface area contributed by atoms with Gasteiger partial charge in [-0.05, 0) is 80.0 Å². The first kappa shape index (κ1) is 24.2. The molecule has 7 rings (SSSR count). The van der Waals surface area contributed by atoms with E-state index in [1.165, 1.54) is 46.2 Å². The van der Waals surface area contributed by atoms with Crippen LogP contribution in [0.5, 0.6) is 0 Å². The molecule has 2 aliphatic heterocycles. The molecule has 2 aliphatic carbocycles. The summed E-state index contributed by atoms with van der Waals surface area (Å²) in [6, 6.07) is 14.3. The first-order chi connectivity index (χ1) is 18.4. The van der Waals surface area contributed by atoms with Crippen molar-refractivity contribution in [3.05, 3.63) is 74.5 Å². The molecule has 0 radical (unpaired) electrons. The highest BCUT2D eigenvalue weighted by Crippen LogP contribution is 2.68. The second-order valence-electron chi connectivity index (χ2n) is 10.7. The molecule has 9 heteroatoms. The predicted octanol–water partition coefficient (Wildman–Crippen LogP) is 5.10. The Balaban J connectivity index is 1.28. The molecule has 1 saturated heterocycles. The number of nitrogens with one attached hydrogen (secondary N) is 1. The predicted molar refractivity (Wildman–Crippen MR) is 147 cm³/mol. The van der Waals surface area contributed by atoms with E-state index in [2.05, 4.69) is 48.0 Å². The normalized spacial score (nSPS) is 30.9. The molecule has 4 aliphatic rings. The van der Waals surface area contributed by atoms with Gasteiger partial charge in [0.2, 0.25) is 11.8 Å². The molecule has 7 atom stereocenters. The van der Waals surface area contributed by atoms with Crippen LogP contribution in [0, 0.1) is 35.4 Å². The van der Waals surface area contributed by atoms with Gasteiger partial charge in [-0.2, -0.15) is 0 Å². The number of carbonyl (C=O) groups is 2. The fourth-order valence-corrected chi connectivity index (χ4v) is 10.6. The number of anilines is 2. The van der Waals surface area contributed by atoms with Crippen molar-refractivity contribution in [3.8, 4) is 0 Å². The van der Waals surface area contributed by atoms with Gasteiger partial charge in [-0.15, -0.1) is 11.8 Å². The van der Waals surface area contributed by atoms with Gasteiger partial charge >= 0.3 is 4.87 Å². The standard InChI is InChI=1S/C29H28FN3O3S2/c1-3-32(4-2)16-9-5-14(6-10-16)20-21-18-13-19(24(21)37-26-25(20)38-29(36)31-26)23-22(18)27(34)33(28(23)35)17-11-7-15(30)8-12-17/h5-12,18-24H,3-4,13H2,1-2H3,(H,31,36). The van der Waals surface area contributed by atoms with Crippen molar-refractivity contribution in [2.75, 3.05) is 22.9 Å². The Hall–Kier alpha value is -2.91. The number of thioether (sulfide) groups is 1. The van der Waals surface area contributed by atoms with Crippen LogP contribution in [0.4, 0.5) is 15.8 Å². The first-order valence-corrected chi connectivity index (χ1v) is 15.0. The maximum Gasteiger partial charge on any atom is 0.305 e. The fourth-order valence-electron chi connectivity index (χ4n) is 7.72. The molecular weight excluding hydrogens is 521 g/mol. The van der Waals surface area contributed by atoms with Gasteiger partial charge in [-0.25, -0.2) is 4.39 Å². The quantitative estimate of drug-likeness (QED) is 0.449. The summed E-state index contributed by atoms with van der Waals surface area (Å²) in [5.41, 5.74) is 2.77. The summed E-state index contributed by atoms with van der Waals surface area (Å²) in [7, 11) is 0. The van der Waals surface area contributed by atoms with Crippen molar-refractivity contribution in [2.45, 2.75) is 36.5 Å². The molecule has 7 unspecified atom stereocenters. The van der Waals surface area contributed by atoms with Crippen LogP contribution >= 0.6 is 23.1 Å². The van der Waals surface area contributed by atoms with Crippen molar-refractivity contribution in [2.24, 2.45) is 29.6 Å². The number of amides is 2. The molecule has 2 saturated carbocycles. The third-order valence-corrected chi connectivity index (χ3v) is 11.8. The Labute approximate surface area is 228 Å². The number of hydrogen-bond acceptors (Lipinski definition) is 6. The molecule has 3 fully saturated rings. The summed E-state index contributed by atoms with van der Waals surface area (Å²) < 4.78 is 13.6. The molecule has 1 N–H and O–H groups in total. The van der Waals surface area contributed by atoms with E-state index in [4.69, 9.17) is 0 Å².